The van der Waals surface area contributed by atoms with Crippen molar-refractivity contribution in [2.24, 2.45) is 16.5 Å². The highest BCUT2D eigenvalue weighted by molar-refractivity contribution is 5.98. The zero-order valence-electron chi connectivity index (χ0n) is 25.5. The van der Waals surface area contributed by atoms with Crippen LogP contribution in [0.15, 0.2) is 96.0 Å². The molecular formula is C33H39N5O8. The normalized spacial score (nSPS) is 13.1. The number of aliphatic hydroxyl groups is 1. The van der Waals surface area contributed by atoms with Gasteiger partial charge < -0.3 is 36.1 Å². The molecule has 3 rings (SSSR count). The molecule has 244 valence electrons. The van der Waals surface area contributed by atoms with Gasteiger partial charge in [-0.2, -0.15) is 0 Å². The molecule has 0 saturated heterocycles. The van der Waals surface area contributed by atoms with Crippen LogP contribution in [0.4, 0.5) is 9.59 Å². The Morgan fingerprint density at radius 1 is 0.804 bits per heavy atom. The van der Waals surface area contributed by atoms with Crippen molar-refractivity contribution < 1.29 is 38.5 Å². The van der Waals surface area contributed by atoms with Crippen molar-refractivity contribution in [2.75, 3.05) is 6.54 Å². The maximum absolute atomic E-state index is 13.0. The molecule has 13 nitrogen and oxygen atoms in total. The number of amides is 3. The average Bonchev–Trinajstić information content (AvgIpc) is 3.07. The van der Waals surface area contributed by atoms with E-state index in [4.69, 9.17) is 25.7 Å². The van der Waals surface area contributed by atoms with E-state index in [0.717, 1.165) is 21.6 Å². The molecule has 0 fully saturated rings. The summed E-state index contributed by atoms with van der Waals surface area (Å²) in [5, 5.41) is 12.5. The topological polar surface area (TPSA) is 196 Å². The minimum Gasteiger partial charge on any atom is -0.459 e. The van der Waals surface area contributed by atoms with E-state index in [1.165, 1.54) is 6.92 Å². The van der Waals surface area contributed by atoms with Gasteiger partial charge >= 0.3 is 18.2 Å². The second-order valence-electron chi connectivity index (χ2n) is 10.3. The number of hydrogen-bond donors (Lipinski definition) is 4. The summed E-state index contributed by atoms with van der Waals surface area (Å²) < 4.78 is 15.8. The summed E-state index contributed by atoms with van der Waals surface area (Å²) in [6, 6.07) is 24.3. The number of nitrogens with two attached hydrogens (primary N) is 2. The molecule has 0 aliphatic carbocycles. The van der Waals surface area contributed by atoms with Gasteiger partial charge in [-0.15, -0.1) is 4.99 Å². The first-order valence-electron chi connectivity index (χ1n) is 14.6. The summed E-state index contributed by atoms with van der Waals surface area (Å²) in [7, 11) is 0. The number of benzene rings is 3. The molecule has 13 heteroatoms. The molecule has 3 aromatic carbocycles. The van der Waals surface area contributed by atoms with Crippen LogP contribution in [0.25, 0.3) is 0 Å². The van der Waals surface area contributed by atoms with Crippen molar-refractivity contribution >= 4 is 30.0 Å². The number of rotatable bonds is 14. The van der Waals surface area contributed by atoms with Crippen LogP contribution in [0.5, 0.6) is 0 Å². The molecule has 0 heterocycles. The van der Waals surface area contributed by atoms with Crippen molar-refractivity contribution in [2.45, 2.75) is 57.8 Å². The van der Waals surface area contributed by atoms with Gasteiger partial charge in [-0.05, 0) is 36.5 Å². The number of ether oxygens (including phenoxy) is 3. The number of hydrogen-bond acceptors (Lipinski definition) is 9. The first-order valence-corrected chi connectivity index (χ1v) is 14.6. The molecule has 0 radical (unpaired) electrons. The minimum absolute atomic E-state index is 0.0334. The van der Waals surface area contributed by atoms with Crippen LogP contribution in [-0.2, 0) is 43.6 Å². The predicted molar refractivity (Wildman–Crippen MR) is 169 cm³/mol. The van der Waals surface area contributed by atoms with Gasteiger partial charge in [0.2, 0.25) is 11.9 Å². The quantitative estimate of drug-likeness (QED) is 0.0887. The van der Waals surface area contributed by atoms with Gasteiger partial charge in [0, 0.05) is 6.54 Å². The van der Waals surface area contributed by atoms with Crippen LogP contribution in [0.1, 0.15) is 36.5 Å². The lowest BCUT2D eigenvalue weighted by Gasteiger charge is -2.23. The Kier molecular flexibility index (Phi) is 14.2. The molecule has 0 aliphatic rings. The summed E-state index contributed by atoms with van der Waals surface area (Å²) >= 11 is 0. The standard InChI is InChI=1S/C33H39N5O8/c1-23(39)28(30(41)44-20-24-12-5-2-6-13-24)36-29(40)27(34)18-11-19-38(33(43)46-22-26-16-9-4-10-17-26)31(35)37-32(42)45-21-25-14-7-3-8-15-25/h2-10,12-17,23,27-28,39H,11,18-22,34H2,1H3,(H,36,40)(H2,35,37,42)/t23-,27-,28-/m0/s1. The second kappa shape index (κ2) is 18.5. The molecule has 46 heavy (non-hydrogen) atoms. The van der Waals surface area contributed by atoms with Crippen molar-refractivity contribution in [3.05, 3.63) is 108 Å². The van der Waals surface area contributed by atoms with Crippen LogP contribution >= 0.6 is 0 Å². The monoisotopic (exact) mass is 633 g/mol. The number of carbonyl (C=O) groups excluding carboxylic acids is 4. The highest BCUT2D eigenvalue weighted by atomic mass is 16.6. The third-order valence-corrected chi connectivity index (χ3v) is 6.60. The highest BCUT2D eigenvalue weighted by Crippen LogP contribution is 2.09. The number of aliphatic hydroxyl groups excluding tert-OH is 1. The fraction of sp³-hybridized carbons (Fsp3) is 0.303. The third kappa shape index (κ3) is 12.0. The Morgan fingerprint density at radius 2 is 1.28 bits per heavy atom. The maximum Gasteiger partial charge on any atom is 0.437 e. The van der Waals surface area contributed by atoms with E-state index in [1.807, 2.05) is 18.2 Å². The Labute approximate surface area is 267 Å². The van der Waals surface area contributed by atoms with E-state index < -0.39 is 48.2 Å². The fourth-order valence-corrected chi connectivity index (χ4v) is 4.06. The lowest BCUT2D eigenvalue weighted by Crippen LogP contribution is -2.53. The SMILES string of the molecule is C[C@H](O)[C@H](NC(=O)[C@@H](N)CCCN(C(=O)OCc1ccccc1)/C(N)=N/C(=O)OCc1ccccc1)C(=O)OCc1ccccc1. The van der Waals surface area contributed by atoms with Gasteiger partial charge in [0.15, 0.2) is 6.04 Å². The van der Waals surface area contributed by atoms with E-state index in [9.17, 15) is 24.3 Å². The van der Waals surface area contributed by atoms with E-state index in [2.05, 4.69) is 10.3 Å². The number of guanidine groups is 1. The lowest BCUT2D eigenvalue weighted by molar-refractivity contribution is -0.152. The predicted octanol–water partition coefficient (Wildman–Crippen LogP) is 2.99. The average molecular weight is 634 g/mol. The summed E-state index contributed by atoms with van der Waals surface area (Å²) in [6.07, 6.45) is -2.99. The van der Waals surface area contributed by atoms with E-state index >= 15 is 0 Å². The molecule has 0 spiro atoms. The summed E-state index contributed by atoms with van der Waals surface area (Å²) in [6.45, 7) is 1.07. The number of carbonyl (C=O) groups is 4. The summed E-state index contributed by atoms with van der Waals surface area (Å²) in [4.78, 5) is 55.4. The van der Waals surface area contributed by atoms with E-state index in [1.54, 1.807) is 72.8 Å². The molecule has 0 aromatic heterocycles. The molecule has 0 unspecified atom stereocenters. The Morgan fingerprint density at radius 3 is 1.78 bits per heavy atom. The number of esters is 1. The van der Waals surface area contributed by atoms with Crippen molar-refractivity contribution in [3.63, 3.8) is 0 Å². The minimum atomic E-state index is -1.35. The fourth-order valence-electron chi connectivity index (χ4n) is 4.06. The van der Waals surface area contributed by atoms with Crippen molar-refractivity contribution in [1.82, 2.24) is 10.2 Å². The van der Waals surface area contributed by atoms with Crippen LogP contribution in [0.3, 0.4) is 0 Å². The van der Waals surface area contributed by atoms with Gasteiger partial charge in [0.1, 0.15) is 19.8 Å². The second-order valence-corrected chi connectivity index (χ2v) is 10.3. The Hall–Kier alpha value is -5.27. The largest absolute Gasteiger partial charge is 0.459 e. The number of nitrogens with one attached hydrogen (secondary N) is 1. The number of aliphatic imine (C=N–C) groups is 1. The Bertz CT molecular complexity index is 1440. The Balaban J connectivity index is 1.58. The third-order valence-electron chi connectivity index (χ3n) is 6.60. The maximum atomic E-state index is 13.0. The van der Waals surface area contributed by atoms with Crippen molar-refractivity contribution in [3.8, 4) is 0 Å². The summed E-state index contributed by atoms with van der Waals surface area (Å²) in [5.74, 6) is -2.01. The van der Waals surface area contributed by atoms with E-state index in [0.29, 0.717) is 0 Å². The zero-order valence-corrected chi connectivity index (χ0v) is 25.5. The summed E-state index contributed by atoms with van der Waals surface area (Å²) in [5.41, 5.74) is 14.3. The first-order chi connectivity index (χ1) is 22.1. The molecule has 0 saturated carbocycles. The lowest BCUT2D eigenvalue weighted by atomic mass is 10.1. The molecule has 0 aliphatic heterocycles. The van der Waals surface area contributed by atoms with Crippen LogP contribution in [0.2, 0.25) is 0 Å². The molecule has 6 N–H and O–H groups in total. The molecule has 3 aromatic rings. The molecule has 3 amide bonds. The van der Waals surface area contributed by atoms with Gasteiger partial charge in [0.05, 0.1) is 12.1 Å². The van der Waals surface area contributed by atoms with Gasteiger partial charge in [-0.3, -0.25) is 4.79 Å². The van der Waals surface area contributed by atoms with Crippen LogP contribution < -0.4 is 16.8 Å². The highest BCUT2D eigenvalue weighted by Gasteiger charge is 2.29. The van der Waals surface area contributed by atoms with Crippen LogP contribution in [0, 0.1) is 0 Å². The molecular weight excluding hydrogens is 594 g/mol. The zero-order chi connectivity index (χ0) is 33.3. The van der Waals surface area contributed by atoms with Gasteiger partial charge in [-0.25, -0.2) is 19.3 Å². The number of nitrogens with zero attached hydrogens (tertiary/aromatic N) is 2. The van der Waals surface area contributed by atoms with E-state index in [-0.39, 0.29) is 39.2 Å². The molecule has 3 atom stereocenters. The van der Waals surface area contributed by atoms with Gasteiger partial charge in [-0.1, -0.05) is 91.0 Å². The van der Waals surface area contributed by atoms with Crippen molar-refractivity contribution in [1.29, 1.82) is 0 Å². The van der Waals surface area contributed by atoms with Gasteiger partial charge in [0.25, 0.3) is 0 Å². The first kappa shape index (κ1) is 35.2. The smallest absolute Gasteiger partial charge is 0.437 e. The molecule has 0 bridgehead atoms. The van der Waals surface area contributed by atoms with Crippen LogP contribution in [-0.4, -0.2) is 64.8 Å².